The number of ether oxygens (including phenoxy) is 2. The first-order valence-corrected chi connectivity index (χ1v) is 9.27. The lowest BCUT2D eigenvalue weighted by Gasteiger charge is -2.22. The van der Waals surface area contributed by atoms with E-state index in [0.29, 0.717) is 16.5 Å². The van der Waals surface area contributed by atoms with Gasteiger partial charge < -0.3 is 19.7 Å². The number of hydrogen-bond donors (Lipinski definition) is 1. The van der Waals surface area contributed by atoms with Gasteiger partial charge in [-0.25, -0.2) is 9.97 Å². The molecule has 140 valence electrons. The second kappa shape index (κ2) is 8.45. The summed E-state index contributed by atoms with van der Waals surface area (Å²) in [6.07, 6.45) is 4.98. The number of aryl methyl sites for hydroxylation is 1. The fourth-order valence-corrected chi connectivity index (χ4v) is 3.40. The zero-order valence-corrected chi connectivity index (χ0v) is 16.3. The molecule has 26 heavy (non-hydrogen) atoms. The summed E-state index contributed by atoms with van der Waals surface area (Å²) in [6, 6.07) is 5.52. The highest BCUT2D eigenvalue weighted by Gasteiger charge is 2.15. The molecule has 0 atom stereocenters. The summed E-state index contributed by atoms with van der Waals surface area (Å²) in [6.45, 7) is 3.98. The molecule has 1 N–H and O–H groups in total. The molecule has 1 aliphatic heterocycles. The average Bonchev–Trinajstić information content (AvgIpc) is 2.91. The van der Waals surface area contributed by atoms with Crippen LogP contribution in [0.1, 0.15) is 31.5 Å². The van der Waals surface area contributed by atoms with Crippen LogP contribution >= 0.6 is 11.6 Å². The zero-order valence-electron chi connectivity index (χ0n) is 15.5. The Hall–Kier alpha value is -2.21. The van der Waals surface area contributed by atoms with Crippen molar-refractivity contribution in [1.29, 1.82) is 0 Å². The lowest BCUT2D eigenvalue weighted by Crippen LogP contribution is -2.25. The summed E-state index contributed by atoms with van der Waals surface area (Å²) in [7, 11) is 3.20. The van der Waals surface area contributed by atoms with Crippen LogP contribution in [-0.2, 0) is 0 Å². The van der Waals surface area contributed by atoms with Gasteiger partial charge in [0.2, 0.25) is 0 Å². The first-order chi connectivity index (χ1) is 12.6. The van der Waals surface area contributed by atoms with Gasteiger partial charge in [-0.3, -0.25) is 0 Å². The Kier molecular flexibility index (Phi) is 6.04. The molecule has 0 spiro atoms. The number of methoxy groups -OCH3 is 2. The number of nitrogens with one attached hydrogen (secondary N) is 1. The fraction of sp³-hybridized carbons (Fsp3) is 0.474. The predicted octanol–water partition coefficient (Wildman–Crippen LogP) is 4.58. The molecule has 1 fully saturated rings. The molecule has 0 bridgehead atoms. The predicted molar refractivity (Wildman–Crippen MR) is 105 cm³/mol. The summed E-state index contributed by atoms with van der Waals surface area (Å²) < 4.78 is 10.7. The number of rotatable bonds is 5. The molecule has 1 aliphatic rings. The third kappa shape index (κ3) is 4.30. The van der Waals surface area contributed by atoms with Gasteiger partial charge in [-0.15, -0.1) is 0 Å². The van der Waals surface area contributed by atoms with E-state index in [1.807, 2.05) is 19.1 Å². The van der Waals surface area contributed by atoms with Crippen LogP contribution in [0.4, 0.5) is 17.3 Å². The summed E-state index contributed by atoms with van der Waals surface area (Å²) in [5, 5.41) is 3.82. The van der Waals surface area contributed by atoms with E-state index >= 15 is 0 Å². The van der Waals surface area contributed by atoms with Crippen molar-refractivity contribution < 1.29 is 9.47 Å². The quantitative estimate of drug-likeness (QED) is 0.824. The van der Waals surface area contributed by atoms with Crippen molar-refractivity contribution in [3.05, 3.63) is 29.0 Å². The molecule has 1 aromatic heterocycles. The van der Waals surface area contributed by atoms with Crippen LogP contribution in [0.2, 0.25) is 5.02 Å². The van der Waals surface area contributed by atoms with Gasteiger partial charge in [0.05, 0.1) is 24.9 Å². The van der Waals surface area contributed by atoms with Crippen LogP contribution in [0.25, 0.3) is 0 Å². The Morgan fingerprint density at radius 2 is 1.65 bits per heavy atom. The lowest BCUT2D eigenvalue weighted by molar-refractivity contribution is 0.405. The minimum absolute atomic E-state index is 0.499. The minimum Gasteiger partial charge on any atom is -0.495 e. The van der Waals surface area contributed by atoms with E-state index in [2.05, 4.69) is 20.2 Å². The Morgan fingerprint density at radius 3 is 2.31 bits per heavy atom. The standard InChI is InChI=1S/C19H25ClN4O2/c1-13-21-18(12-19(22-13)24-8-6-4-5-7-9-24)23-15-11-16(25-2)14(20)10-17(15)26-3/h10-12H,4-9H2,1-3H3,(H,21,22,23). The summed E-state index contributed by atoms with van der Waals surface area (Å²) in [4.78, 5) is 11.5. The maximum absolute atomic E-state index is 6.19. The van der Waals surface area contributed by atoms with Gasteiger partial charge in [0.25, 0.3) is 0 Å². The molecule has 0 amide bonds. The summed E-state index contributed by atoms with van der Waals surface area (Å²) in [5.41, 5.74) is 0.744. The van der Waals surface area contributed by atoms with Crippen molar-refractivity contribution in [3.63, 3.8) is 0 Å². The second-order valence-corrected chi connectivity index (χ2v) is 6.78. The van der Waals surface area contributed by atoms with Crippen molar-refractivity contribution in [2.24, 2.45) is 0 Å². The molecule has 0 radical (unpaired) electrons. The maximum atomic E-state index is 6.19. The normalized spacial score (nSPS) is 14.7. The minimum atomic E-state index is 0.499. The van der Waals surface area contributed by atoms with Gasteiger partial charge in [0.15, 0.2) is 0 Å². The van der Waals surface area contributed by atoms with Crippen LogP contribution in [-0.4, -0.2) is 37.3 Å². The highest BCUT2D eigenvalue weighted by atomic mass is 35.5. The van der Waals surface area contributed by atoms with E-state index in [4.69, 9.17) is 21.1 Å². The number of nitrogens with zero attached hydrogens (tertiary/aromatic N) is 3. The van der Waals surface area contributed by atoms with Crippen molar-refractivity contribution in [1.82, 2.24) is 9.97 Å². The van der Waals surface area contributed by atoms with E-state index in [1.165, 1.54) is 25.7 Å². The van der Waals surface area contributed by atoms with Gasteiger partial charge in [-0.05, 0) is 19.8 Å². The molecule has 6 nitrogen and oxygen atoms in total. The third-order valence-corrected chi connectivity index (χ3v) is 4.79. The molecule has 1 saturated heterocycles. The van der Waals surface area contributed by atoms with Gasteiger partial charge in [0.1, 0.15) is 29.0 Å². The van der Waals surface area contributed by atoms with Crippen molar-refractivity contribution in [3.8, 4) is 11.5 Å². The first kappa shape index (κ1) is 18.6. The molecule has 0 saturated carbocycles. The van der Waals surface area contributed by atoms with Gasteiger partial charge >= 0.3 is 0 Å². The number of benzene rings is 1. The Morgan fingerprint density at radius 1 is 0.962 bits per heavy atom. The van der Waals surface area contributed by atoms with Gasteiger partial charge in [-0.1, -0.05) is 24.4 Å². The smallest absolute Gasteiger partial charge is 0.144 e. The van der Waals surface area contributed by atoms with E-state index in [1.54, 1.807) is 20.3 Å². The zero-order chi connectivity index (χ0) is 18.5. The van der Waals surface area contributed by atoms with Crippen LogP contribution < -0.4 is 19.7 Å². The van der Waals surface area contributed by atoms with E-state index in [9.17, 15) is 0 Å². The van der Waals surface area contributed by atoms with Gasteiger partial charge in [-0.2, -0.15) is 0 Å². The lowest BCUT2D eigenvalue weighted by atomic mass is 10.2. The molecule has 1 aromatic carbocycles. The van der Waals surface area contributed by atoms with Crippen LogP contribution in [0, 0.1) is 6.92 Å². The monoisotopic (exact) mass is 376 g/mol. The topological polar surface area (TPSA) is 59.5 Å². The Labute approximate surface area is 159 Å². The van der Waals surface area contributed by atoms with E-state index in [-0.39, 0.29) is 0 Å². The highest BCUT2D eigenvalue weighted by Crippen LogP contribution is 2.37. The molecule has 2 aromatic rings. The van der Waals surface area contributed by atoms with Gasteiger partial charge in [0, 0.05) is 31.3 Å². The van der Waals surface area contributed by atoms with Crippen LogP contribution in [0.5, 0.6) is 11.5 Å². The molecular formula is C19H25ClN4O2. The molecule has 0 unspecified atom stereocenters. The summed E-state index contributed by atoms with van der Waals surface area (Å²) in [5.74, 6) is 3.62. The van der Waals surface area contributed by atoms with Crippen molar-refractivity contribution in [2.45, 2.75) is 32.6 Å². The largest absolute Gasteiger partial charge is 0.495 e. The molecule has 2 heterocycles. The molecular weight excluding hydrogens is 352 g/mol. The fourth-order valence-electron chi connectivity index (χ4n) is 3.17. The third-order valence-electron chi connectivity index (χ3n) is 4.49. The Balaban J connectivity index is 1.90. The number of halogens is 1. The molecule has 7 heteroatoms. The number of anilines is 3. The molecule has 0 aliphatic carbocycles. The summed E-state index contributed by atoms with van der Waals surface area (Å²) >= 11 is 6.19. The number of aromatic nitrogens is 2. The average molecular weight is 377 g/mol. The second-order valence-electron chi connectivity index (χ2n) is 6.37. The molecule has 3 rings (SSSR count). The van der Waals surface area contributed by atoms with E-state index < -0.39 is 0 Å². The first-order valence-electron chi connectivity index (χ1n) is 8.90. The van der Waals surface area contributed by atoms with E-state index in [0.717, 1.165) is 36.2 Å². The Bertz CT molecular complexity index is 761. The van der Waals surface area contributed by atoms with Crippen molar-refractivity contribution >= 4 is 28.9 Å². The maximum Gasteiger partial charge on any atom is 0.144 e. The SMILES string of the molecule is COc1cc(Nc2cc(N3CCCCCC3)nc(C)n2)c(OC)cc1Cl. The van der Waals surface area contributed by atoms with Crippen LogP contribution in [0.15, 0.2) is 18.2 Å². The van der Waals surface area contributed by atoms with Crippen molar-refractivity contribution in [2.75, 3.05) is 37.5 Å². The van der Waals surface area contributed by atoms with Crippen LogP contribution in [0.3, 0.4) is 0 Å². The number of hydrogen-bond acceptors (Lipinski definition) is 6. The highest BCUT2D eigenvalue weighted by molar-refractivity contribution is 6.32.